The number of hydrogen-bond donors (Lipinski definition) is 1. The van der Waals surface area contributed by atoms with Gasteiger partial charge in [0.1, 0.15) is 0 Å². The minimum atomic E-state index is -1.01. The van der Waals surface area contributed by atoms with Gasteiger partial charge < -0.3 is 19.4 Å². The summed E-state index contributed by atoms with van der Waals surface area (Å²) < 4.78 is 2.20. The number of quaternary nitrogens is 1. The Morgan fingerprint density at radius 1 is 1.19 bits per heavy atom. The highest BCUT2D eigenvalue weighted by Crippen LogP contribution is 2.21. The molecule has 4 nitrogen and oxygen atoms in total. The van der Waals surface area contributed by atoms with E-state index in [1.165, 1.54) is 32.4 Å². The molecular formula is C17H22N2O2. The van der Waals surface area contributed by atoms with Gasteiger partial charge in [-0.1, -0.05) is 18.2 Å². The van der Waals surface area contributed by atoms with Crippen molar-refractivity contribution in [2.24, 2.45) is 0 Å². The van der Waals surface area contributed by atoms with Gasteiger partial charge in [0, 0.05) is 29.5 Å². The fourth-order valence-electron chi connectivity index (χ4n) is 3.38. The van der Waals surface area contributed by atoms with Gasteiger partial charge in [0.25, 0.3) is 0 Å². The number of carbonyl (C=O) groups is 1. The molecule has 0 aliphatic carbocycles. The summed E-state index contributed by atoms with van der Waals surface area (Å²) in [6, 6.07) is 8.04. The fraction of sp³-hybridized carbons (Fsp3) is 0.471. The summed E-state index contributed by atoms with van der Waals surface area (Å²) in [5, 5.41) is 11.9. The van der Waals surface area contributed by atoms with E-state index < -0.39 is 5.97 Å². The second-order valence-electron chi connectivity index (χ2n) is 5.97. The van der Waals surface area contributed by atoms with Crippen molar-refractivity contribution in [3.63, 3.8) is 0 Å². The molecule has 1 aliphatic heterocycles. The Labute approximate surface area is 125 Å². The number of carboxylic acids is 1. The normalized spacial score (nSPS) is 16.4. The number of para-hydroxylation sites is 1. The van der Waals surface area contributed by atoms with Crippen LogP contribution in [0.1, 0.15) is 24.8 Å². The third-order valence-electron chi connectivity index (χ3n) is 4.47. The maximum atomic E-state index is 10.9. The molecule has 2 aromatic rings. The van der Waals surface area contributed by atoms with E-state index in [1.54, 1.807) is 4.90 Å². The number of aromatic nitrogens is 1. The Kier molecular flexibility index (Phi) is 4.25. The second-order valence-corrected chi connectivity index (χ2v) is 5.97. The summed E-state index contributed by atoms with van der Waals surface area (Å²) in [5.74, 6) is -1.01. The highest BCUT2D eigenvalue weighted by molar-refractivity contribution is 5.87. The zero-order valence-corrected chi connectivity index (χ0v) is 12.3. The van der Waals surface area contributed by atoms with E-state index in [0.29, 0.717) is 0 Å². The lowest BCUT2D eigenvalue weighted by Crippen LogP contribution is -3.13. The monoisotopic (exact) mass is 286 g/mol. The number of benzene rings is 1. The number of piperidine rings is 1. The topological polar surface area (TPSA) is 49.5 Å². The standard InChI is InChI=1S/C17H22N2O2/c20-17(21)12-14-13-19(16-7-3-2-6-15(14)16)11-10-18-8-4-1-5-9-18/h2-3,6-7,13H,1,4-5,8-12H2,(H,20,21). The zero-order valence-electron chi connectivity index (χ0n) is 12.3. The van der Waals surface area contributed by atoms with Crippen LogP contribution in [0.15, 0.2) is 30.5 Å². The second kappa shape index (κ2) is 6.31. The van der Waals surface area contributed by atoms with Crippen LogP contribution in [-0.2, 0) is 17.8 Å². The summed E-state index contributed by atoms with van der Waals surface area (Å²) in [5.41, 5.74) is 1.99. The van der Waals surface area contributed by atoms with Crippen molar-refractivity contribution in [1.29, 1.82) is 0 Å². The number of carbonyl (C=O) groups excluding carboxylic acids is 1. The third kappa shape index (κ3) is 3.27. The van der Waals surface area contributed by atoms with Crippen LogP contribution >= 0.6 is 0 Å². The molecule has 0 bridgehead atoms. The van der Waals surface area contributed by atoms with E-state index in [4.69, 9.17) is 0 Å². The summed E-state index contributed by atoms with van der Waals surface area (Å²) in [6.45, 7) is 4.60. The predicted molar refractivity (Wildman–Crippen MR) is 80.1 cm³/mol. The van der Waals surface area contributed by atoms with E-state index >= 15 is 0 Å². The number of carboxylic acid groups (broad SMARTS) is 1. The van der Waals surface area contributed by atoms with E-state index in [1.807, 2.05) is 24.4 Å². The third-order valence-corrected chi connectivity index (χ3v) is 4.47. The average molecular weight is 286 g/mol. The van der Waals surface area contributed by atoms with Crippen LogP contribution < -0.4 is 10.0 Å². The lowest BCUT2D eigenvalue weighted by molar-refractivity contribution is -0.905. The van der Waals surface area contributed by atoms with E-state index in [9.17, 15) is 9.90 Å². The lowest BCUT2D eigenvalue weighted by Gasteiger charge is -2.23. The number of hydrogen-bond acceptors (Lipinski definition) is 2. The molecule has 2 heterocycles. The Balaban J connectivity index is 1.79. The molecule has 1 saturated heterocycles. The molecular weight excluding hydrogens is 264 g/mol. The highest BCUT2D eigenvalue weighted by atomic mass is 16.4. The molecule has 0 unspecified atom stereocenters. The first-order chi connectivity index (χ1) is 10.2. The van der Waals surface area contributed by atoms with Crippen LogP contribution in [-0.4, -0.2) is 30.2 Å². The Morgan fingerprint density at radius 2 is 1.95 bits per heavy atom. The van der Waals surface area contributed by atoms with Crippen LogP contribution in [0.3, 0.4) is 0 Å². The van der Waals surface area contributed by atoms with Crippen molar-refractivity contribution >= 4 is 16.9 Å². The number of aliphatic carboxylic acids is 1. The van der Waals surface area contributed by atoms with Gasteiger partial charge in [0.2, 0.25) is 0 Å². The Hall–Kier alpha value is -1.81. The van der Waals surface area contributed by atoms with Crippen molar-refractivity contribution in [2.45, 2.75) is 32.2 Å². The van der Waals surface area contributed by atoms with E-state index in [2.05, 4.69) is 10.6 Å². The first-order valence-electron chi connectivity index (χ1n) is 7.84. The van der Waals surface area contributed by atoms with Gasteiger partial charge in [0.15, 0.2) is 0 Å². The van der Waals surface area contributed by atoms with Crippen LogP contribution in [0.2, 0.25) is 0 Å². The number of likely N-dealkylation sites (tertiary alicyclic amines) is 1. The van der Waals surface area contributed by atoms with Gasteiger partial charge in [-0.25, -0.2) is 0 Å². The first kappa shape index (κ1) is 14.1. The predicted octanol–water partition coefficient (Wildman–Crippen LogP) is 0.00250. The molecule has 1 N–H and O–H groups in total. The summed E-state index contributed by atoms with van der Waals surface area (Å²) in [7, 11) is 0. The highest BCUT2D eigenvalue weighted by Gasteiger charge is 2.14. The molecule has 1 aliphatic rings. The summed E-state index contributed by atoms with van der Waals surface area (Å²) in [6.07, 6.45) is 6.01. The molecule has 0 saturated carbocycles. The molecule has 1 aromatic heterocycles. The molecule has 1 aromatic carbocycles. The van der Waals surface area contributed by atoms with Gasteiger partial charge in [-0.3, -0.25) is 0 Å². The molecule has 3 rings (SSSR count). The lowest BCUT2D eigenvalue weighted by atomic mass is 10.1. The molecule has 4 heteroatoms. The molecule has 1 fully saturated rings. The average Bonchev–Trinajstić information content (AvgIpc) is 2.84. The van der Waals surface area contributed by atoms with Crippen molar-refractivity contribution in [3.05, 3.63) is 36.0 Å². The molecule has 0 amide bonds. The Morgan fingerprint density at radius 3 is 2.71 bits per heavy atom. The number of fused-ring (bicyclic) bond motifs is 1. The fourth-order valence-corrected chi connectivity index (χ4v) is 3.38. The minimum absolute atomic E-state index is 0.00984. The number of nitrogens with one attached hydrogen (secondary N) is 1. The van der Waals surface area contributed by atoms with Gasteiger partial charge in [0.05, 0.1) is 26.2 Å². The van der Waals surface area contributed by atoms with Gasteiger partial charge in [-0.05, 0) is 30.9 Å². The van der Waals surface area contributed by atoms with Crippen molar-refractivity contribution in [2.75, 3.05) is 19.6 Å². The van der Waals surface area contributed by atoms with Crippen LogP contribution in [0, 0.1) is 0 Å². The molecule has 21 heavy (non-hydrogen) atoms. The zero-order chi connectivity index (χ0) is 14.7. The van der Waals surface area contributed by atoms with Crippen LogP contribution in [0.25, 0.3) is 10.9 Å². The number of rotatable bonds is 5. The van der Waals surface area contributed by atoms with Crippen LogP contribution in [0.5, 0.6) is 0 Å². The van der Waals surface area contributed by atoms with E-state index in [-0.39, 0.29) is 6.42 Å². The quantitative estimate of drug-likeness (QED) is 0.841. The molecule has 0 radical (unpaired) electrons. The minimum Gasteiger partial charge on any atom is -0.550 e. The molecule has 112 valence electrons. The van der Waals surface area contributed by atoms with Gasteiger partial charge in [-0.2, -0.15) is 0 Å². The smallest absolute Gasteiger partial charge is 0.0953 e. The maximum absolute atomic E-state index is 10.9. The molecule has 0 spiro atoms. The largest absolute Gasteiger partial charge is 0.550 e. The van der Waals surface area contributed by atoms with Crippen LogP contribution in [0.4, 0.5) is 0 Å². The first-order valence-corrected chi connectivity index (χ1v) is 7.84. The summed E-state index contributed by atoms with van der Waals surface area (Å²) >= 11 is 0. The molecule has 0 atom stereocenters. The van der Waals surface area contributed by atoms with E-state index in [0.717, 1.165) is 29.6 Å². The van der Waals surface area contributed by atoms with Gasteiger partial charge >= 0.3 is 0 Å². The van der Waals surface area contributed by atoms with Crippen molar-refractivity contribution in [3.8, 4) is 0 Å². The SMILES string of the molecule is O=C([O-])Cc1cn(CC[NH+]2CCCCC2)c2ccccc12. The summed E-state index contributed by atoms with van der Waals surface area (Å²) in [4.78, 5) is 12.6. The maximum Gasteiger partial charge on any atom is 0.0953 e. The number of nitrogens with zero attached hydrogens (tertiary/aromatic N) is 1. The Bertz CT molecular complexity index is 627. The van der Waals surface area contributed by atoms with Crippen molar-refractivity contribution < 1.29 is 14.8 Å². The van der Waals surface area contributed by atoms with Crippen molar-refractivity contribution in [1.82, 2.24) is 4.57 Å². The van der Waals surface area contributed by atoms with Gasteiger partial charge in [-0.15, -0.1) is 0 Å².